The van der Waals surface area contributed by atoms with Crippen molar-refractivity contribution in [3.8, 4) is 11.5 Å². The molecule has 0 bridgehead atoms. The standard InChI is InChI=1S/C24H28FN3O2.C2HF3O2/c1-16(14-30-18-5-3-17(25)4-6-18)28-12-10-24(15-28)23-20(9-11-26-24)21-13-19(29-2)7-8-22(21)27-23;3-2(4,5)1(6)7/h3-8,13,16,26-27H,9-12,14-15H2,1-2H3;(H,6,7)/t16-,24?;/m0./s1. The zero-order chi connectivity index (χ0) is 26.8. The van der Waals surface area contributed by atoms with Crippen LogP contribution in [0, 0.1) is 5.82 Å². The monoisotopic (exact) mass is 523 g/mol. The molecule has 37 heavy (non-hydrogen) atoms. The number of H-pyrrole nitrogens is 1. The maximum atomic E-state index is 13.1. The van der Waals surface area contributed by atoms with E-state index in [4.69, 9.17) is 19.4 Å². The Balaban J connectivity index is 0.000000405. The normalized spacial score (nSPS) is 20.3. The first kappa shape index (κ1) is 26.7. The van der Waals surface area contributed by atoms with Crippen molar-refractivity contribution >= 4 is 16.9 Å². The summed E-state index contributed by atoms with van der Waals surface area (Å²) in [6.07, 6.45) is -3.00. The van der Waals surface area contributed by atoms with Crippen LogP contribution in [0.15, 0.2) is 42.5 Å². The molecule has 0 aliphatic carbocycles. The first-order valence-corrected chi connectivity index (χ1v) is 11.9. The van der Waals surface area contributed by atoms with Crippen molar-refractivity contribution in [1.82, 2.24) is 15.2 Å². The largest absolute Gasteiger partial charge is 0.497 e. The summed E-state index contributed by atoms with van der Waals surface area (Å²) in [7, 11) is 1.72. The van der Waals surface area contributed by atoms with E-state index in [-0.39, 0.29) is 17.4 Å². The van der Waals surface area contributed by atoms with E-state index in [2.05, 4.69) is 34.3 Å². The molecule has 200 valence electrons. The smallest absolute Gasteiger partial charge is 0.490 e. The highest BCUT2D eigenvalue weighted by Crippen LogP contribution is 2.40. The predicted octanol–water partition coefficient (Wildman–Crippen LogP) is 4.46. The van der Waals surface area contributed by atoms with E-state index in [1.807, 2.05) is 6.07 Å². The average molecular weight is 524 g/mol. The highest BCUT2D eigenvalue weighted by molar-refractivity contribution is 5.87. The molecule has 5 rings (SSSR count). The van der Waals surface area contributed by atoms with E-state index in [1.54, 1.807) is 19.2 Å². The van der Waals surface area contributed by atoms with E-state index >= 15 is 0 Å². The number of methoxy groups -OCH3 is 1. The number of carboxylic acid groups (broad SMARTS) is 1. The van der Waals surface area contributed by atoms with Crippen LogP contribution < -0.4 is 14.8 Å². The van der Waals surface area contributed by atoms with Gasteiger partial charge in [-0.3, -0.25) is 4.90 Å². The Morgan fingerprint density at radius 1 is 1.19 bits per heavy atom. The summed E-state index contributed by atoms with van der Waals surface area (Å²) < 4.78 is 56.2. The number of carbonyl (C=O) groups is 1. The Morgan fingerprint density at radius 3 is 2.51 bits per heavy atom. The topological polar surface area (TPSA) is 86.8 Å². The van der Waals surface area contributed by atoms with Gasteiger partial charge in [0.2, 0.25) is 0 Å². The van der Waals surface area contributed by atoms with Crippen LogP contribution in [0.3, 0.4) is 0 Å². The molecule has 0 amide bonds. The lowest BCUT2D eigenvalue weighted by Gasteiger charge is -2.36. The van der Waals surface area contributed by atoms with Crippen LogP contribution in [0.2, 0.25) is 0 Å². The second-order valence-corrected chi connectivity index (χ2v) is 9.29. The minimum Gasteiger partial charge on any atom is -0.497 e. The number of aliphatic carboxylic acids is 1. The van der Waals surface area contributed by atoms with Gasteiger partial charge in [-0.15, -0.1) is 0 Å². The Labute approximate surface area is 211 Å². The van der Waals surface area contributed by atoms with Gasteiger partial charge in [0.1, 0.15) is 23.9 Å². The molecular formula is C26H29F4N3O4. The number of aromatic nitrogens is 1. The van der Waals surface area contributed by atoms with Crippen LogP contribution in [0.4, 0.5) is 17.6 Å². The second-order valence-electron chi connectivity index (χ2n) is 9.29. The van der Waals surface area contributed by atoms with Gasteiger partial charge < -0.3 is 24.9 Å². The van der Waals surface area contributed by atoms with E-state index < -0.39 is 12.1 Å². The molecule has 0 saturated carbocycles. The maximum absolute atomic E-state index is 13.1. The molecule has 7 nitrogen and oxygen atoms in total. The minimum absolute atomic E-state index is 0.0516. The zero-order valence-electron chi connectivity index (χ0n) is 20.5. The van der Waals surface area contributed by atoms with Crippen LogP contribution in [-0.4, -0.2) is 66.5 Å². The van der Waals surface area contributed by atoms with Crippen LogP contribution in [0.5, 0.6) is 11.5 Å². The lowest BCUT2D eigenvalue weighted by molar-refractivity contribution is -0.192. The van der Waals surface area contributed by atoms with Crippen molar-refractivity contribution in [2.24, 2.45) is 0 Å². The number of hydrogen-bond acceptors (Lipinski definition) is 5. The van der Waals surface area contributed by atoms with E-state index in [0.29, 0.717) is 12.4 Å². The molecule has 2 aromatic carbocycles. The van der Waals surface area contributed by atoms with Gasteiger partial charge in [-0.1, -0.05) is 0 Å². The molecule has 3 heterocycles. The summed E-state index contributed by atoms with van der Waals surface area (Å²) in [5.74, 6) is -1.39. The highest BCUT2D eigenvalue weighted by atomic mass is 19.4. The Bertz CT molecular complexity index is 1250. The second kappa shape index (κ2) is 10.6. The summed E-state index contributed by atoms with van der Waals surface area (Å²) in [6, 6.07) is 12.8. The van der Waals surface area contributed by atoms with E-state index in [9.17, 15) is 17.6 Å². The van der Waals surface area contributed by atoms with Gasteiger partial charge in [0.25, 0.3) is 0 Å². The summed E-state index contributed by atoms with van der Waals surface area (Å²) in [6.45, 7) is 5.71. The summed E-state index contributed by atoms with van der Waals surface area (Å²) >= 11 is 0. The van der Waals surface area contributed by atoms with Gasteiger partial charge in [0, 0.05) is 42.3 Å². The van der Waals surface area contributed by atoms with Crippen molar-refractivity contribution in [3.63, 3.8) is 0 Å². The van der Waals surface area contributed by atoms with Gasteiger partial charge in [-0.05, 0) is 67.8 Å². The maximum Gasteiger partial charge on any atom is 0.490 e. The summed E-state index contributed by atoms with van der Waals surface area (Å²) in [5, 5.41) is 12.2. The number of benzene rings is 2. The number of nitrogens with one attached hydrogen (secondary N) is 2. The molecule has 1 saturated heterocycles. The Morgan fingerprint density at radius 2 is 1.86 bits per heavy atom. The number of aromatic amines is 1. The average Bonchev–Trinajstić information content (AvgIpc) is 3.46. The summed E-state index contributed by atoms with van der Waals surface area (Å²) in [5.41, 5.74) is 3.87. The number of ether oxygens (including phenoxy) is 2. The molecule has 11 heteroatoms. The molecule has 3 N–H and O–H groups in total. The lowest BCUT2D eigenvalue weighted by atomic mass is 9.86. The minimum atomic E-state index is -5.08. The molecule has 2 atom stereocenters. The van der Waals surface area contributed by atoms with E-state index in [0.717, 1.165) is 38.2 Å². The molecule has 1 aromatic heterocycles. The number of hydrogen-bond donors (Lipinski definition) is 3. The van der Waals surface area contributed by atoms with Crippen LogP contribution in [0.25, 0.3) is 10.9 Å². The van der Waals surface area contributed by atoms with Crippen LogP contribution >= 0.6 is 0 Å². The highest BCUT2D eigenvalue weighted by Gasteiger charge is 2.45. The van der Waals surface area contributed by atoms with Crippen molar-refractivity contribution in [2.75, 3.05) is 33.4 Å². The fraction of sp³-hybridized carbons (Fsp3) is 0.423. The number of fused-ring (bicyclic) bond motifs is 4. The molecule has 2 aliphatic heterocycles. The van der Waals surface area contributed by atoms with Crippen molar-refractivity contribution in [3.05, 3.63) is 59.5 Å². The number of carboxylic acids is 1. The van der Waals surface area contributed by atoms with Gasteiger partial charge in [0.05, 0.1) is 12.6 Å². The Kier molecular flexibility index (Phi) is 7.65. The molecule has 2 aliphatic rings. The van der Waals surface area contributed by atoms with Crippen LogP contribution in [-0.2, 0) is 16.8 Å². The molecule has 3 aromatic rings. The quantitative estimate of drug-likeness (QED) is 0.428. The SMILES string of the molecule is COc1ccc2[nH]c3c(c2c1)CCNC31CCN([C@@H](C)COc2ccc(F)cc2)C1.O=C(O)C(F)(F)F. The fourth-order valence-corrected chi connectivity index (χ4v) is 4.95. The van der Waals surface area contributed by atoms with E-state index in [1.165, 1.54) is 34.3 Å². The van der Waals surface area contributed by atoms with Crippen molar-refractivity contribution < 1.29 is 36.9 Å². The first-order valence-electron chi connectivity index (χ1n) is 11.9. The van der Waals surface area contributed by atoms with Crippen molar-refractivity contribution in [2.45, 2.75) is 37.5 Å². The number of rotatable bonds is 5. The predicted molar refractivity (Wildman–Crippen MR) is 129 cm³/mol. The third-order valence-corrected chi connectivity index (χ3v) is 6.90. The van der Waals surface area contributed by atoms with Crippen LogP contribution in [0.1, 0.15) is 24.6 Å². The Hall–Kier alpha value is -3.31. The molecule has 1 fully saturated rings. The third kappa shape index (κ3) is 5.83. The van der Waals surface area contributed by atoms with Gasteiger partial charge in [-0.2, -0.15) is 13.2 Å². The van der Waals surface area contributed by atoms with Crippen molar-refractivity contribution in [1.29, 1.82) is 0 Å². The first-order chi connectivity index (χ1) is 17.5. The molecule has 0 radical (unpaired) electrons. The van der Waals surface area contributed by atoms with Gasteiger partial charge in [0.15, 0.2) is 0 Å². The number of alkyl halides is 3. The third-order valence-electron chi connectivity index (χ3n) is 6.90. The number of nitrogens with zero attached hydrogens (tertiary/aromatic N) is 1. The number of halogens is 4. The molecule has 1 spiro atoms. The zero-order valence-corrected chi connectivity index (χ0v) is 20.5. The molecule has 1 unspecified atom stereocenters. The fourth-order valence-electron chi connectivity index (χ4n) is 4.95. The number of likely N-dealkylation sites (tertiary alicyclic amines) is 1. The molecular weight excluding hydrogens is 494 g/mol. The van der Waals surface area contributed by atoms with Gasteiger partial charge >= 0.3 is 12.1 Å². The van der Waals surface area contributed by atoms with Gasteiger partial charge in [-0.25, -0.2) is 9.18 Å². The summed E-state index contributed by atoms with van der Waals surface area (Å²) in [4.78, 5) is 15.1. The lowest BCUT2D eigenvalue weighted by Crippen LogP contribution is -2.50.